The zero-order valence-electron chi connectivity index (χ0n) is 15.5. The van der Waals surface area contributed by atoms with Gasteiger partial charge in [-0.3, -0.25) is 4.90 Å². The van der Waals surface area contributed by atoms with Crippen molar-refractivity contribution in [3.63, 3.8) is 0 Å². The largest absolute Gasteiger partial charge is 0.303 e. The van der Waals surface area contributed by atoms with Crippen LogP contribution in [0.4, 0.5) is 0 Å². The average Bonchev–Trinajstić information content (AvgIpc) is 2.86. The number of halogens is 1. The number of hydrogen-bond donors (Lipinski definition) is 0. The summed E-state index contributed by atoms with van der Waals surface area (Å²) in [5.74, 6) is 0.778. The van der Waals surface area contributed by atoms with Crippen molar-refractivity contribution in [3.05, 3.63) is 68.9 Å². The van der Waals surface area contributed by atoms with Crippen molar-refractivity contribution in [1.29, 1.82) is 0 Å². The summed E-state index contributed by atoms with van der Waals surface area (Å²) in [6.45, 7) is 5.72. The molecule has 0 saturated heterocycles. The molecule has 3 rings (SSSR count). The first kappa shape index (κ1) is 18.8. The highest BCUT2D eigenvalue weighted by Crippen LogP contribution is 2.26. The van der Waals surface area contributed by atoms with Crippen LogP contribution in [0.5, 0.6) is 0 Å². The van der Waals surface area contributed by atoms with Crippen LogP contribution in [0.2, 0.25) is 5.02 Å². The zero-order valence-corrected chi connectivity index (χ0v) is 17.1. The molecule has 0 aliphatic heterocycles. The Bertz CT molecular complexity index is 990. The second-order valence-corrected chi connectivity index (χ2v) is 7.50. The molecule has 0 saturated carbocycles. The summed E-state index contributed by atoms with van der Waals surface area (Å²) in [4.78, 5) is 2.21. The van der Waals surface area contributed by atoms with Crippen LogP contribution in [0.1, 0.15) is 16.7 Å². The summed E-state index contributed by atoms with van der Waals surface area (Å²) in [5, 5.41) is 5.38. The number of aromatic nitrogens is 3. The minimum atomic E-state index is 0.616. The summed E-state index contributed by atoms with van der Waals surface area (Å²) >= 11 is 11.9. The minimum absolute atomic E-state index is 0.616. The van der Waals surface area contributed by atoms with E-state index in [-0.39, 0.29) is 0 Å². The molecule has 26 heavy (non-hydrogen) atoms. The monoisotopic (exact) mass is 386 g/mol. The van der Waals surface area contributed by atoms with Gasteiger partial charge in [-0.2, -0.15) is 5.10 Å². The third kappa shape index (κ3) is 3.90. The normalized spacial score (nSPS) is 11.3. The van der Waals surface area contributed by atoms with Crippen LogP contribution < -0.4 is 0 Å². The van der Waals surface area contributed by atoms with Crippen LogP contribution in [0.25, 0.3) is 11.4 Å². The quantitative estimate of drug-likeness (QED) is 0.578. The number of rotatable bonds is 5. The Kier molecular flexibility index (Phi) is 5.61. The van der Waals surface area contributed by atoms with Gasteiger partial charge in [0.2, 0.25) is 0 Å². The molecule has 136 valence electrons. The molecule has 1 aromatic heterocycles. The van der Waals surface area contributed by atoms with Crippen LogP contribution in [0.15, 0.2) is 42.5 Å². The molecule has 0 aliphatic carbocycles. The smallest absolute Gasteiger partial charge is 0.199 e. The van der Waals surface area contributed by atoms with Gasteiger partial charge in [-0.1, -0.05) is 47.5 Å². The van der Waals surface area contributed by atoms with Crippen LogP contribution >= 0.6 is 23.8 Å². The molecule has 1 heterocycles. The van der Waals surface area contributed by atoms with Crippen molar-refractivity contribution >= 4 is 23.8 Å². The third-order valence-corrected chi connectivity index (χ3v) is 5.28. The zero-order chi connectivity index (χ0) is 18.8. The third-order valence-electron chi connectivity index (χ3n) is 4.47. The first-order valence-corrected chi connectivity index (χ1v) is 9.29. The van der Waals surface area contributed by atoms with Crippen molar-refractivity contribution in [2.24, 2.45) is 7.05 Å². The molecule has 0 radical (unpaired) electrons. The lowest BCUT2D eigenvalue weighted by atomic mass is 10.1. The van der Waals surface area contributed by atoms with Crippen LogP contribution in [-0.2, 0) is 20.3 Å². The van der Waals surface area contributed by atoms with Crippen molar-refractivity contribution in [2.75, 3.05) is 7.05 Å². The van der Waals surface area contributed by atoms with Crippen molar-refractivity contribution < 1.29 is 0 Å². The molecule has 0 N–H and O–H groups in total. The predicted molar refractivity (Wildman–Crippen MR) is 110 cm³/mol. The fourth-order valence-electron chi connectivity index (χ4n) is 3.05. The summed E-state index contributed by atoms with van der Waals surface area (Å²) in [5.41, 5.74) is 4.79. The Morgan fingerprint density at radius 3 is 2.58 bits per heavy atom. The van der Waals surface area contributed by atoms with Crippen molar-refractivity contribution in [1.82, 2.24) is 19.2 Å². The van der Waals surface area contributed by atoms with Crippen LogP contribution in [0.3, 0.4) is 0 Å². The van der Waals surface area contributed by atoms with Gasteiger partial charge >= 0.3 is 0 Å². The molecule has 0 amide bonds. The van der Waals surface area contributed by atoms with E-state index in [1.165, 1.54) is 16.7 Å². The van der Waals surface area contributed by atoms with E-state index in [0.717, 1.165) is 17.9 Å². The molecule has 0 atom stereocenters. The highest BCUT2D eigenvalue weighted by Gasteiger charge is 2.14. The van der Waals surface area contributed by atoms with Gasteiger partial charge in [0.25, 0.3) is 0 Å². The van der Waals surface area contributed by atoms with Gasteiger partial charge in [0, 0.05) is 19.2 Å². The van der Waals surface area contributed by atoms with Crippen LogP contribution in [0, 0.1) is 18.6 Å². The fraction of sp³-hybridized carbons (Fsp3) is 0.300. The molecule has 0 bridgehead atoms. The highest BCUT2D eigenvalue weighted by atomic mass is 35.5. The first-order valence-electron chi connectivity index (χ1n) is 8.50. The Balaban J connectivity index is 1.83. The van der Waals surface area contributed by atoms with E-state index in [9.17, 15) is 0 Å². The SMILES string of the molecule is Cc1ccc(CN(C)Cn2nc(-c3ccccc3Cl)n(C)c2=S)c(C)c1. The van der Waals surface area contributed by atoms with E-state index in [4.69, 9.17) is 28.9 Å². The minimum Gasteiger partial charge on any atom is -0.303 e. The molecule has 0 fully saturated rings. The maximum absolute atomic E-state index is 6.33. The Morgan fingerprint density at radius 1 is 1.15 bits per heavy atom. The maximum Gasteiger partial charge on any atom is 0.199 e. The molecule has 4 nitrogen and oxygen atoms in total. The lowest BCUT2D eigenvalue weighted by Crippen LogP contribution is -2.23. The standard InChI is InChI=1S/C20H23ClN4S/c1-14-9-10-16(15(2)11-14)12-23(3)13-25-20(26)24(4)19(22-25)17-7-5-6-8-18(17)21/h5-11H,12-13H2,1-4H3. The molecule has 2 aromatic carbocycles. The predicted octanol–water partition coefficient (Wildman–Crippen LogP) is 4.98. The number of benzene rings is 2. The van der Waals surface area contributed by atoms with Gasteiger partial charge in [-0.05, 0) is 56.4 Å². The van der Waals surface area contributed by atoms with E-state index < -0.39 is 0 Å². The lowest BCUT2D eigenvalue weighted by Gasteiger charge is -2.18. The van der Waals surface area contributed by atoms with Crippen molar-refractivity contribution in [2.45, 2.75) is 27.1 Å². The van der Waals surface area contributed by atoms with Gasteiger partial charge in [-0.25, -0.2) is 4.68 Å². The van der Waals surface area contributed by atoms with E-state index in [2.05, 4.69) is 44.0 Å². The maximum atomic E-state index is 6.33. The lowest BCUT2D eigenvalue weighted by molar-refractivity contribution is 0.243. The Labute approximate surface area is 164 Å². The van der Waals surface area contributed by atoms with Gasteiger partial charge in [0.1, 0.15) is 0 Å². The molecule has 0 unspecified atom stereocenters. The molecule has 0 aliphatic rings. The Hall–Kier alpha value is -1.95. The van der Waals surface area contributed by atoms with Gasteiger partial charge < -0.3 is 4.57 Å². The van der Waals surface area contributed by atoms with E-state index in [1.807, 2.05) is 40.6 Å². The molecular weight excluding hydrogens is 364 g/mol. The fourth-order valence-corrected chi connectivity index (χ4v) is 3.46. The number of nitrogens with zero attached hydrogens (tertiary/aromatic N) is 4. The first-order chi connectivity index (χ1) is 12.4. The van der Waals surface area contributed by atoms with Gasteiger partial charge in [0.05, 0.1) is 11.7 Å². The molecule has 6 heteroatoms. The number of hydrogen-bond acceptors (Lipinski definition) is 3. The van der Waals surface area contributed by atoms with Gasteiger partial charge in [0.15, 0.2) is 10.6 Å². The van der Waals surface area contributed by atoms with Crippen molar-refractivity contribution in [3.8, 4) is 11.4 Å². The van der Waals surface area contributed by atoms with E-state index >= 15 is 0 Å². The number of aryl methyl sites for hydroxylation is 2. The summed E-state index contributed by atoms with van der Waals surface area (Å²) in [6.07, 6.45) is 0. The average molecular weight is 387 g/mol. The van der Waals surface area contributed by atoms with E-state index in [0.29, 0.717) is 16.5 Å². The topological polar surface area (TPSA) is 26.0 Å². The summed E-state index contributed by atoms with van der Waals surface area (Å²) < 4.78 is 4.42. The highest BCUT2D eigenvalue weighted by molar-refractivity contribution is 7.71. The summed E-state index contributed by atoms with van der Waals surface area (Å²) in [6, 6.07) is 14.2. The molecule has 0 spiro atoms. The second kappa shape index (κ2) is 7.74. The van der Waals surface area contributed by atoms with E-state index in [1.54, 1.807) is 0 Å². The Morgan fingerprint density at radius 2 is 1.88 bits per heavy atom. The molecule has 3 aromatic rings. The molecular formula is C20H23ClN4S. The summed E-state index contributed by atoms with van der Waals surface area (Å²) in [7, 11) is 4.00. The van der Waals surface area contributed by atoms with Gasteiger partial charge in [-0.15, -0.1) is 0 Å². The van der Waals surface area contributed by atoms with Crippen LogP contribution in [-0.4, -0.2) is 26.3 Å². The second-order valence-electron chi connectivity index (χ2n) is 6.73.